The van der Waals surface area contributed by atoms with Crippen LogP contribution in [0.5, 0.6) is 5.75 Å². The molecule has 6 nitrogen and oxygen atoms in total. The summed E-state index contributed by atoms with van der Waals surface area (Å²) in [6.07, 6.45) is 6.04. The molecule has 19 heavy (non-hydrogen) atoms. The Morgan fingerprint density at radius 2 is 2.32 bits per heavy atom. The van der Waals surface area contributed by atoms with Crippen molar-refractivity contribution in [1.82, 2.24) is 25.1 Å². The maximum atomic E-state index is 5.41. The van der Waals surface area contributed by atoms with Gasteiger partial charge in [0.2, 0.25) is 0 Å². The Morgan fingerprint density at radius 1 is 1.47 bits per heavy atom. The van der Waals surface area contributed by atoms with Gasteiger partial charge >= 0.3 is 0 Å². The van der Waals surface area contributed by atoms with E-state index in [0.29, 0.717) is 0 Å². The minimum absolute atomic E-state index is 0.0630. The summed E-state index contributed by atoms with van der Waals surface area (Å²) < 4.78 is 7.37. The molecule has 0 saturated heterocycles. The van der Waals surface area contributed by atoms with Crippen molar-refractivity contribution in [3.05, 3.63) is 36.2 Å². The number of ether oxygens (including phenoxy) is 1. The zero-order valence-electron chi connectivity index (χ0n) is 11.5. The van der Waals surface area contributed by atoms with Crippen molar-refractivity contribution in [3.8, 4) is 5.75 Å². The molecule has 0 aliphatic heterocycles. The van der Waals surface area contributed by atoms with Crippen LogP contribution in [0.2, 0.25) is 0 Å². The van der Waals surface area contributed by atoms with E-state index in [-0.39, 0.29) is 6.04 Å². The average molecular weight is 261 g/mol. The van der Waals surface area contributed by atoms with Gasteiger partial charge in [0, 0.05) is 12.7 Å². The molecule has 2 aromatic heterocycles. The predicted octanol–water partition coefficient (Wildman–Crippen LogP) is 1.40. The third-order valence-electron chi connectivity index (χ3n) is 2.96. The highest BCUT2D eigenvalue weighted by Gasteiger charge is 2.23. The summed E-state index contributed by atoms with van der Waals surface area (Å²) in [5.74, 6) is 0.770. The molecule has 1 unspecified atom stereocenters. The summed E-state index contributed by atoms with van der Waals surface area (Å²) >= 11 is 0. The summed E-state index contributed by atoms with van der Waals surface area (Å²) in [6, 6.07) is 1.83. The van der Waals surface area contributed by atoms with E-state index >= 15 is 0 Å². The second-order valence-electron chi connectivity index (χ2n) is 4.18. The van der Waals surface area contributed by atoms with Gasteiger partial charge in [0.05, 0.1) is 25.0 Å². The third-order valence-corrected chi connectivity index (χ3v) is 2.96. The number of nitrogens with zero attached hydrogens (tertiary/aromatic N) is 4. The van der Waals surface area contributed by atoms with E-state index in [1.165, 1.54) is 0 Å². The smallest absolute Gasteiger partial charge is 0.161 e. The molecule has 0 radical (unpaired) electrons. The lowest BCUT2D eigenvalue weighted by molar-refractivity contribution is 0.399. The second-order valence-corrected chi connectivity index (χ2v) is 4.18. The van der Waals surface area contributed by atoms with E-state index in [1.807, 2.05) is 17.8 Å². The van der Waals surface area contributed by atoms with Crippen molar-refractivity contribution in [2.75, 3.05) is 14.2 Å². The predicted molar refractivity (Wildman–Crippen MR) is 72.0 cm³/mol. The summed E-state index contributed by atoms with van der Waals surface area (Å²) in [4.78, 5) is 8.26. The molecular weight excluding hydrogens is 242 g/mol. The normalized spacial score (nSPS) is 12.4. The molecule has 2 aromatic rings. The third kappa shape index (κ3) is 2.73. The van der Waals surface area contributed by atoms with Crippen molar-refractivity contribution in [3.63, 3.8) is 0 Å². The lowest BCUT2D eigenvalue weighted by atomic mass is 10.1. The standard InChI is InChI=1S/C13H19N5O/c1-4-7-18-13(11(19-3)8-17-18)12(14-2)10-5-6-15-9-16-10/h5-6,8-9,12,14H,4,7H2,1-3H3. The zero-order valence-corrected chi connectivity index (χ0v) is 11.5. The minimum Gasteiger partial charge on any atom is -0.493 e. The first-order valence-electron chi connectivity index (χ1n) is 6.34. The second kappa shape index (κ2) is 6.29. The maximum Gasteiger partial charge on any atom is 0.161 e. The van der Waals surface area contributed by atoms with Crippen LogP contribution in [-0.4, -0.2) is 33.9 Å². The lowest BCUT2D eigenvalue weighted by Gasteiger charge is -2.18. The number of hydrogen-bond donors (Lipinski definition) is 1. The van der Waals surface area contributed by atoms with E-state index in [2.05, 4.69) is 27.3 Å². The Hall–Kier alpha value is -1.95. The van der Waals surface area contributed by atoms with Gasteiger partial charge in [0.1, 0.15) is 12.0 Å². The van der Waals surface area contributed by atoms with Gasteiger partial charge in [-0.2, -0.15) is 5.10 Å². The summed E-state index contributed by atoms with van der Waals surface area (Å²) in [5.41, 5.74) is 1.89. The maximum absolute atomic E-state index is 5.41. The number of rotatable bonds is 6. The number of aryl methyl sites for hydroxylation is 1. The molecule has 2 heterocycles. The van der Waals surface area contributed by atoms with Crippen molar-refractivity contribution in [1.29, 1.82) is 0 Å². The molecule has 0 aromatic carbocycles. The Bertz CT molecular complexity index is 511. The Morgan fingerprint density at radius 3 is 2.89 bits per heavy atom. The van der Waals surface area contributed by atoms with Gasteiger partial charge in [-0.1, -0.05) is 6.92 Å². The quantitative estimate of drug-likeness (QED) is 0.851. The van der Waals surface area contributed by atoms with Crippen molar-refractivity contribution in [2.24, 2.45) is 0 Å². The molecule has 0 bridgehead atoms. The van der Waals surface area contributed by atoms with Crippen LogP contribution in [0, 0.1) is 0 Å². The Kier molecular flexibility index (Phi) is 4.46. The van der Waals surface area contributed by atoms with E-state index in [0.717, 1.165) is 30.1 Å². The number of aromatic nitrogens is 4. The SMILES string of the molecule is CCCn1ncc(OC)c1C(NC)c1ccncn1. The molecule has 1 atom stereocenters. The highest BCUT2D eigenvalue weighted by atomic mass is 16.5. The molecule has 1 N–H and O–H groups in total. The molecule has 0 spiro atoms. The molecule has 0 saturated carbocycles. The molecule has 102 valence electrons. The largest absolute Gasteiger partial charge is 0.493 e. The summed E-state index contributed by atoms with van der Waals surface area (Å²) in [6.45, 7) is 2.97. The number of nitrogens with one attached hydrogen (secondary N) is 1. The topological polar surface area (TPSA) is 64.9 Å². The van der Waals surface area contributed by atoms with Gasteiger partial charge in [0.15, 0.2) is 5.75 Å². The summed E-state index contributed by atoms with van der Waals surface area (Å²) in [5, 5.41) is 7.64. The van der Waals surface area contributed by atoms with Gasteiger partial charge in [0.25, 0.3) is 0 Å². The van der Waals surface area contributed by atoms with Crippen LogP contribution in [0.1, 0.15) is 30.8 Å². The van der Waals surface area contributed by atoms with Crippen LogP contribution in [0.3, 0.4) is 0 Å². The van der Waals surface area contributed by atoms with E-state index in [1.54, 1.807) is 25.8 Å². The van der Waals surface area contributed by atoms with Gasteiger partial charge in [-0.15, -0.1) is 0 Å². The van der Waals surface area contributed by atoms with E-state index in [9.17, 15) is 0 Å². The van der Waals surface area contributed by atoms with Gasteiger partial charge in [-0.05, 0) is 19.5 Å². The highest BCUT2D eigenvalue weighted by Crippen LogP contribution is 2.28. The summed E-state index contributed by atoms with van der Waals surface area (Å²) in [7, 11) is 3.55. The van der Waals surface area contributed by atoms with Crippen LogP contribution in [0.15, 0.2) is 24.8 Å². The number of methoxy groups -OCH3 is 1. The average Bonchev–Trinajstić information content (AvgIpc) is 2.85. The van der Waals surface area contributed by atoms with Gasteiger partial charge in [-0.25, -0.2) is 9.97 Å². The van der Waals surface area contributed by atoms with Crippen LogP contribution in [0.4, 0.5) is 0 Å². The fraction of sp³-hybridized carbons (Fsp3) is 0.462. The first kappa shape index (κ1) is 13.5. The van der Waals surface area contributed by atoms with Crippen LogP contribution in [0.25, 0.3) is 0 Å². The van der Waals surface area contributed by atoms with Crippen LogP contribution >= 0.6 is 0 Å². The monoisotopic (exact) mass is 261 g/mol. The fourth-order valence-electron chi connectivity index (χ4n) is 2.11. The highest BCUT2D eigenvalue weighted by molar-refractivity contribution is 5.33. The van der Waals surface area contributed by atoms with Crippen molar-refractivity contribution < 1.29 is 4.74 Å². The van der Waals surface area contributed by atoms with Gasteiger partial charge in [-0.3, -0.25) is 4.68 Å². The van der Waals surface area contributed by atoms with Crippen molar-refractivity contribution in [2.45, 2.75) is 25.9 Å². The first-order chi connectivity index (χ1) is 9.31. The fourth-order valence-corrected chi connectivity index (χ4v) is 2.11. The minimum atomic E-state index is -0.0630. The zero-order chi connectivity index (χ0) is 13.7. The molecule has 0 aliphatic rings. The van der Waals surface area contributed by atoms with Crippen molar-refractivity contribution >= 4 is 0 Å². The van der Waals surface area contributed by atoms with E-state index in [4.69, 9.17) is 4.74 Å². The Labute approximate surface area is 112 Å². The number of hydrogen-bond acceptors (Lipinski definition) is 5. The molecule has 0 fully saturated rings. The Balaban J connectivity index is 2.45. The van der Waals surface area contributed by atoms with Crippen LogP contribution < -0.4 is 10.1 Å². The molecule has 0 amide bonds. The molecule has 6 heteroatoms. The van der Waals surface area contributed by atoms with Gasteiger partial charge < -0.3 is 10.1 Å². The molecule has 2 rings (SSSR count). The molecular formula is C13H19N5O. The van der Waals surface area contributed by atoms with Crippen LogP contribution in [-0.2, 0) is 6.54 Å². The molecule has 0 aliphatic carbocycles. The first-order valence-corrected chi connectivity index (χ1v) is 6.34. The van der Waals surface area contributed by atoms with E-state index < -0.39 is 0 Å². The lowest BCUT2D eigenvalue weighted by Crippen LogP contribution is -2.23.